The Kier molecular flexibility index (Phi) is 5.66. The molecule has 1 aliphatic heterocycles. The van der Waals surface area contributed by atoms with Crippen LogP contribution in [0.3, 0.4) is 0 Å². The van der Waals surface area contributed by atoms with Gasteiger partial charge >= 0.3 is 0 Å². The third-order valence-electron chi connectivity index (χ3n) is 4.18. The van der Waals surface area contributed by atoms with Gasteiger partial charge in [0.2, 0.25) is 5.91 Å². The first-order valence-corrected chi connectivity index (χ1v) is 7.88. The maximum absolute atomic E-state index is 13.6. The van der Waals surface area contributed by atoms with Crippen LogP contribution in [-0.4, -0.2) is 25.7 Å². The average Bonchev–Trinajstić information content (AvgIpc) is 2.51. The number of ether oxygens (including phenoxy) is 1. The standard InChI is InChI=1S/C15H19Cl2FN2O2/c1-9(10-6-13(18)12(17)7-11(10)16)20-14(21)15(8-19)2-4-22-5-3-15/h6-7,9H,2-5,8,19H2,1H3,(H,20,21). The first-order chi connectivity index (χ1) is 10.4. The van der Waals surface area contributed by atoms with Gasteiger partial charge in [0.1, 0.15) is 5.82 Å². The molecule has 2 rings (SSSR count). The number of nitrogens with one attached hydrogen (secondary N) is 1. The van der Waals surface area contributed by atoms with Crippen LogP contribution in [0.2, 0.25) is 10.0 Å². The van der Waals surface area contributed by atoms with Crippen molar-refractivity contribution in [2.24, 2.45) is 11.1 Å². The Morgan fingerprint density at radius 1 is 1.41 bits per heavy atom. The summed E-state index contributed by atoms with van der Waals surface area (Å²) in [4.78, 5) is 12.6. The third-order valence-corrected chi connectivity index (χ3v) is 4.79. The van der Waals surface area contributed by atoms with E-state index >= 15 is 0 Å². The van der Waals surface area contributed by atoms with Crippen molar-refractivity contribution in [1.29, 1.82) is 0 Å². The van der Waals surface area contributed by atoms with Crippen LogP contribution in [0.15, 0.2) is 12.1 Å². The fourth-order valence-corrected chi connectivity index (χ4v) is 3.13. The normalized spacial score (nSPS) is 18.8. The van der Waals surface area contributed by atoms with Crippen LogP contribution in [0.4, 0.5) is 4.39 Å². The fourth-order valence-electron chi connectivity index (χ4n) is 2.58. The number of hydrogen-bond acceptors (Lipinski definition) is 3. The lowest BCUT2D eigenvalue weighted by atomic mass is 9.79. The highest BCUT2D eigenvalue weighted by Gasteiger charge is 2.39. The van der Waals surface area contributed by atoms with Crippen LogP contribution in [0.5, 0.6) is 0 Å². The van der Waals surface area contributed by atoms with Gasteiger partial charge in [-0.2, -0.15) is 0 Å². The molecule has 0 aliphatic carbocycles. The number of halogens is 3. The van der Waals surface area contributed by atoms with E-state index in [1.165, 1.54) is 12.1 Å². The van der Waals surface area contributed by atoms with Crippen LogP contribution >= 0.6 is 23.2 Å². The van der Waals surface area contributed by atoms with Crippen LogP contribution in [0, 0.1) is 11.2 Å². The van der Waals surface area contributed by atoms with Crippen LogP contribution < -0.4 is 11.1 Å². The van der Waals surface area contributed by atoms with Crippen molar-refractivity contribution < 1.29 is 13.9 Å². The van der Waals surface area contributed by atoms with Gasteiger partial charge in [0.15, 0.2) is 0 Å². The molecule has 22 heavy (non-hydrogen) atoms. The van der Waals surface area contributed by atoms with Gasteiger partial charge in [-0.25, -0.2) is 4.39 Å². The van der Waals surface area contributed by atoms with E-state index in [1.54, 1.807) is 6.92 Å². The van der Waals surface area contributed by atoms with E-state index in [2.05, 4.69) is 5.32 Å². The Hall–Kier alpha value is -0.880. The van der Waals surface area contributed by atoms with Crippen molar-refractivity contribution in [3.63, 3.8) is 0 Å². The summed E-state index contributed by atoms with van der Waals surface area (Å²) in [6.07, 6.45) is 1.15. The lowest BCUT2D eigenvalue weighted by Crippen LogP contribution is -2.49. The van der Waals surface area contributed by atoms with Crippen LogP contribution in [0.25, 0.3) is 0 Å². The van der Waals surface area contributed by atoms with E-state index in [-0.39, 0.29) is 17.5 Å². The topological polar surface area (TPSA) is 64.4 Å². The highest BCUT2D eigenvalue weighted by Crippen LogP contribution is 2.32. The minimum absolute atomic E-state index is 0.0462. The molecule has 0 bridgehead atoms. The zero-order valence-electron chi connectivity index (χ0n) is 12.3. The Morgan fingerprint density at radius 3 is 2.64 bits per heavy atom. The molecule has 7 heteroatoms. The van der Waals surface area contributed by atoms with Gasteiger partial charge in [-0.3, -0.25) is 4.79 Å². The molecule has 0 spiro atoms. The summed E-state index contributed by atoms with van der Waals surface area (Å²) >= 11 is 11.8. The van der Waals surface area contributed by atoms with E-state index in [4.69, 9.17) is 33.7 Å². The van der Waals surface area contributed by atoms with Crippen LogP contribution in [0.1, 0.15) is 31.4 Å². The van der Waals surface area contributed by atoms with Crippen molar-refractivity contribution in [2.75, 3.05) is 19.8 Å². The number of carbonyl (C=O) groups excluding carboxylic acids is 1. The molecule has 4 nitrogen and oxygen atoms in total. The maximum atomic E-state index is 13.6. The first-order valence-electron chi connectivity index (χ1n) is 7.13. The molecule has 1 saturated heterocycles. The molecule has 122 valence electrons. The van der Waals surface area contributed by atoms with E-state index in [0.29, 0.717) is 36.6 Å². The number of benzene rings is 1. The fraction of sp³-hybridized carbons (Fsp3) is 0.533. The summed E-state index contributed by atoms with van der Waals surface area (Å²) in [6, 6.07) is 2.14. The molecular weight excluding hydrogens is 330 g/mol. The van der Waals surface area contributed by atoms with E-state index in [0.717, 1.165) is 0 Å². The second-order valence-electron chi connectivity index (χ2n) is 5.58. The molecule has 0 radical (unpaired) electrons. The molecule has 1 amide bonds. The summed E-state index contributed by atoms with van der Waals surface area (Å²) in [5.41, 5.74) is 5.66. The van der Waals surface area contributed by atoms with Gasteiger partial charge in [-0.15, -0.1) is 0 Å². The van der Waals surface area contributed by atoms with Crippen LogP contribution in [-0.2, 0) is 9.53 Å². The Morgan fingerprint density at radius 2 is 2.05 bits per heavy atom. The van der Waals surface area contributed by atoms with Gasteiger partial charge in [-0.05, 0) is 37.5 Å². The number of amides is 1. The minimum Gasteiger partial charge on any atom is -0.381 e. The summed E-state index contributed by atoms with van der Waals surface area (Å²) in [6.45, 7) is 3.01. The number of rotatable bonds is 4. The Balaban J connectivity index is 2.15. The maximum Gasteiger partial charge on any atom is 0.228 e. The largest absolute Gasteiger partial charge is 0.381 e. The predicted octanol–water partition coefficient (Wildman–Crippen LogP) is 3.07. The SMILES string of the molecule is CC(NC(=O)C1(CN)CCOCC1)c1cc(F)c(Cl)cc1Cl. The van der Waals surface area contributed by atoms with Gasteiger partial charge in [0.05, 0.1) is 16.5 Å². The van der Waals surface area contributed by atoms with E-state index in [1.807, 2.05) is 0 Å². The highest BCUT2D eigenvalue weighted by atomic mass is 35.5. The predicted molar refractivity (Wildman–Crippen MR) is 84.5 cm³/mol. The monoisotopic (exact) mass is 348 g/mol. The summed E-state index contributed by atoms with van der Waals surface area (Å²) in [5, 5.41) is 3.14. The zero-order valence-corrected chi connectivity index (χ0v) is 13.8. The van der Waals surface area contributed by atoms with Gasteiger partial charge in [0, 0.05) is 24.8 Å². The molecule has 1 aromatic carbocycles. The molecule has 0 saturated carbocycles. The lowest BCUT2D eigenvalue weighted by molar-refractivity contribution is -0.136. The summed E-state index contributed by atoms with van der Waals surface area (Å²) in [7, 11) is 0. The van der Waals surface area contributed by atoms with Crippen molar-refractivity contribution >= 4 is 29.1 Å². The van der Waals surface area contributed by atoms with Crippen molar-refractivity contribution in [3.05, 3.63) is 33.6 Å². The lowest BCUT2D eigenvalue weighted by Gasteiger charge is -2.35. The quantitative estimate of drug-likeness (QED) is 0.821. The molecule has 1 atom stereocenters. The highest BCUT2D eigenvalue weighted by molar-refractivity contribution is 6.35. The second-order valence-corrected chi connectivity index (χ2v) is 6.39. The van der Waals surface area contributed by atoms with E-state index < -0.39 is 17.3 Å². The molecular formula is C15H19Cl2FN2O2. The minimum atomic E-state index is -0.635. The second kappa shape index (κ2) is 7.13. The molecule has 3 N–H and O–H groups in total. The number of carbonyl (C=O) groups is 1. The van der Waals surface area contributed by atoms with Gasteiger partial charge in [0.25, 0.3) is 0 Å². The Bertz CT molecular complexity index is 563. The molecule has 0 aromatic heterocycles. The zero-order chi connectivity index (χ0) is 16.3. The molecule has 1 unspecified atom stereocenters. The van der Waals surface area contributed by atoms with E-state index in [9.17, 15) is 9.18 Å². The Labute approximate surface area is 139 Å². The third kappa shape index (κ3) is 3.54. The van der Waals surface area contributed by atoms with Crippen molar-refractivity contribution in [2.45, 2.75) is 25.8 Å². The summed E-state index contributed by atoms with van der Waals surface area (Å²) in [5.74, 6) is -0.723. The molecule has 1 aromatic rings. The molecule has 1 heterocycles. The first kappa shape index (κ1) is 17.5. The molecule has 1 fully saturated rings. The van der Waals surface area contributed by atoms with Gasteiger partial charge < -0.3 is 15.8 Å². The number of nitrogens with two attached hydrogens (primary N) is 1. The summed E-state index contributed by atoms with van der Waals surface area (Å²) < 4.78 is 18.9. The average molecular weight is 349 g/mol. The smallest absolute Gasteiger partial charge is 0.228 e. The number of hydrogen-bond donors (Lipinski definition) is 2. The van der Waals surface area contributed by atoms with Gasteiger partial charge in [-0.1, -0.05) is 23.2 Å². The van der Waals surface area contributed by atoms with Crippen molar-refractivity contribution in [1.82, 2.24) is 5.32 Å². The van der Waals surface area contributed by atoms with Crippen molar-refractivity contribution in [3.8, 4) is 0 Å². The molecule has 1 aliphatic rings.